The Kier molecular flexibility index (Phi) is 12.1. The van der Waals surface area contributed by atoms with Gasteiger partial charge in [0.25, 0.3) is 0 Å². The number of ether oxygens (including phenoxy) is 8. The standard InChI is InChI=1S/C40H40O8S2/c1-3-7-31-29(5-1)9-11-33-37(31)38-32-8-4-2-6-30(32)10-12-34(38)46-24-20-42-16-18-44-22-26-48-36-14-28-50-40(36)39-35(13-27-49-39)47-25-21-43-17-15-41-19-23-45-33/h1-14,27-28H,15-26H2. The Bertz CT molecular complexity index is 1830. The van der Waals surface area contributed by atoms with Gasteiger partial charge in [0.1, 0.15) is 49.4 Å². The normalized spacial score (nSPS) is 16.2. The average molecular weight is 713 g/mol. The highest BCUT2D eigenvalue weighted by Gasteiger charge is 2.20. The third-order valence-electron chi connectivity index (χ3n) is 8.18. The van der Waals surface area contributed by atoms with Crippen molar-refractivity contribution in [3.8, 4) is 43.9 Å². The van der Waals surface area contributed by atoms with Gasteiger partial charge in [0, 0.05) is 11.1 Å². The Balaban J connectivity index is 1.07. The number of fused-ring (bicyclic) bond motifs is 10. The first kappa shape index (κ1) is 34.3. The molecule has 50 heavy (non-hydrogen) atoms. The number of hydrogen-bond donors (Lipinski definition) is 0. The molecule has 0 spiro atoms. The van der Waals surface area contributed by atoms with Crippen LogP contribution in [-0.4, -0.2) is 79.3 Å². The van der Waals surface area contributed by atoms with Crippen molar-refractivity contribution in [1.29, 1.82) is 0 Å². The van der Waals surface area contributed by atoms with Crippen molar-refractivity contribution in [2.75, 3.05) is 79.3 Å². The van der Waals surface area contributed by atoms with E-state index in [9.17, 15) is 0 Å². The molecule has 1 aliphatic rings. The third-order valence-corrected chi connectivity index (χ3v) is 10.1. The van der Waals surface area contributed by atoms with Gasteiger partial charge in [-0.05, 0) is 56.6 Å². The van der Waals surface area contributed by atoms with Crippen LogP contribution in [0.3, 0.4) is 0 Å². The van der Waals surface area contributed by atoms with Crippen molar-refractivity contribution >= 4 is 44.2 Å². The lowest BCUT2D eigenvalue weighted by Crippen LogP contribution is -2.14. The Labute approximate surface area is 300 Å². The molecule has 0 atom stereocenters. The van der Waals surface area contributed by atoms with Gasteiger partial charge in [-0.2, -0.15) is 0 Å². The fourth-order valence-electron chi connectivity index (χ4n) is 5.90. The van der Waals surface area contributed by atoms with Gasteiger partial charge in [-0.1, -0.05) is 60.7 Å². The Hall–Kier alpha value is -4.16. The van der Waals surface area contributed by atoms with Gasteiger partial charge in [0.2, 0.25) is 0 Å². The second-order valence-corrected chi connectivity index (χ2v) is 13.2. The monoisotopic (exact) mass is 712 g/mol. The quantitative estimate of drug-likeness (QED) is 0.155. The lowest BCUT2D eigenvalue weighted by molar-refractivity contribution is 0.0272. The molecule has 0 radical (unpaired) electrons. The molecule has 8 nitrogen and oxygen atoms in total. The van der Waals surface area contributed by atoms with E-state index in [1.165, 1.54) is 0 Å². The topological polar surface area (TPSA) is 73.8 Å². The molecule has 0 saturated heterocycles. The van der Waals surface area contributed by atoms with Crippen LogP contribution in [0.2, 0.25) is 0 Å². The molecule has 0 N–H and O–H groups in total. The molecular formula is C40H40O8S2. The first-order valence-corrected chi connectivity index (χ1v) is 18.6. The maximum atomic E-state index is 6.44. The summed E-state index contributed by atoms with van der Waals surface area (Å²) < 4.78 is 48.4. The van der Waals surface area contributed by atoms with Crippen molar-refractivity contribution in [1.82, 2.24) is 0 Å². The van der Waals surface area contributed by atoms with Gasteiger partial charge in [-0.15, -0.1) is 22.7 Å². The van der Waals surface area contributed by atoms with Crippen LogP contribution in [0.4, 0.5) is 0 Å². The highest BCUT2D eigenvalue weighted by molar-refractivity contribution is 7.21. The summed E-state index contributed by atoms with van der Waals surface area (Å²) in [5.74, 6) is 3.20. The van der Waals surface area contributed by atoms with Gasteiger partial charge >= 0.3 is 0 Å². The number of thiophene rings is 2. The Morgan fingerprint density at radius 1 is 0.340 bits per heavy atom. The Morgan fingerprint density at radius 3 is 1.12 bits per heavy atom. The van der Waals surface area contributed by atoms with Crippen molar-refractivity contribution in [3.63, 3.8) is 0 Å². The minimum absolute atomic E-state index is 0.390. The van der Waals surface area contributed by atoms with E-state index in [-0.39, 0.29) is 0 Å². The van der Waals surface area contributed by atoms with Crippen LogP contribution >= 0.6 is 22.7 Å². The third kappa shape index (κ3) is 8.40. The fraction of sp³-hybridized carbons (Fsp3) is 0.300. The molecule has 0 aliphatic carbocycles. The molecule has 1 aliphatic heterocycles. The van der Waals surface area contributed by atoms with E-state index < -0.39 is 0 Å². The van der Waals surface area contributed by atoms with Crippen LogP contribution in [0, 0.1) is 0 Å². The van der Waals surface area contributed by atoms with Gasteiger partial charge in [-0.25, -0.2) is 0 Å². The van der Waals surface area contributed by atoms with E-state index in [2.05, 4.69) is 60.7 Å². The summed E-state index contributed by atoms with van der Waals surface area (Å²) in [7, 11) is 0. The Morgan fingerprint density at radius 2 is 0.700 bits per heavy atom. The molecule has 0 saturated carbocycles. The van der Waals surface area contributed by atoms with E-state index >= 15 is 0 Å². The molecular weight excluding hydrogens is 673 g/mol. The van der Waals surface area contributed by atoms with Crippen molar-refractivity contribution in [2.24, 2.45) is 0 Å². The molecule has 6 aromatic rings. The van der Waals surface area contributed by atoms with Gasteiger partial charge in [0.15, 0.2) is 0 Å². The highest BCUT2D eigenvalue weighted by Crippen LogP contribution is 2.46. The van der Waals surface area contributed by atoms with Crippen molar-refractivity contribution in [2.45, 2.75) is 0 Å². The summed E-state index contributed by atoms with van der Waals surface area (Å²) >= 11 is 3.27. The fourth-order valence-corrected chi connectivity index (χ4v) is 7.74. The van der Waals surface area contributed by atoms with Crippen LogP contribution in [0.15, 0.2) is 95.7 Å². The lowest BCUT2D eigenvalue weighted by atomic mass is 9.92. The predicted molar refractivity (Wildman–Crippen MR) is 200 cm³/mol. The largest absolute Gasteiger partial charge is 0.491 e. The minimum Gasteiger partial charge on any atom is -0.491 e. The molecule has 4 aromatic carbocycles. The van der Waals surface area contributed by atoms with E-state index in [0.717, 1.165) is 65.4 Å². The van der Waals surface area contributed by atoms with E-state index in [1.54, 1.807) is 22.7 Å². The summed E-state index contributed by atoms with van der Waals surface area (Å²) in [6, 6.07) is 29.0. The SMILES string of the molecule is c1ccc2c3c(ccc2c1)OCCOCCOCCOc1ccsc1-c1sccc1OCCOCCOCCOc1ccc2ccccc2c1-3. The number of benzene rings is 4. The minimum atomic E-state index is 0.390. The van der Waals surface area contributed by atoms with Crippen LogP contribution in [0.25, 0.3) is 42.4 Å². The van der Waals surface area contributed by atoms with Crippen molar-refractivity contribution in [3.05, 3.63) is 95.7 Å². The first-order valence-electron chi connectivity index (χ1n) is 16.9. The smallest absolute Gasteiger partial charge is 0.138 e. The highest BCUT2D eigenvalue weighted by atomic mass is 32.1. The van der Waals surface area contributed by atoms with Crippen molar-refractivity contribution < 1.29 is 37.9 Å². The molecule has 0 bridgehead atoms. The van der Waals surface area contributed by atoms with Crippen LogP contribution < -0.4 is 18.9 Å². The van der Waals surface area contributed by atoms with Crippen LogP contribution in [0.5, 0.6) is 23.0 Å². The zero-order valence-corrected chi connectivity index (χ0v) is 29.4. The van der Waals surface area contributed by atoms with Crippen LogP contribution in [0.1, 0.15) is 0 Å². The summed E-state index contributed by atoms with van der Waals surface area (Å²) in [5, 5.41) is 8.48. The van der Waals surface area contributed by atoms with E-state index in [1.807, 2.05) is 35.0 Å². The zero-order chi connectivity index (χ0) is 33.8. The number of rotatable bonds is 0. The lowest BCUT2D eigenvalue weighted by Gasteiger charge is -2.20. The first-order chi connectivity index (χ1) is 24.9. The maximum absolute atomic E-state index is 6.44. The molecule has 7 rings (SSSR count). The van der Waals surface area contributed by atoms with Gasteiger partial charge < -0.3 is 37.9 Å². The zero-order valence-electron chi connectivity index (χ0n) is 27.8. The molecule has 0 amide bonds. The van der Waals surface area contributed by atoms with E-state index in [4.69, 9.17) is 37.9 Å². The number of hydrogen-bond acceptors (Lipinski definition) is 10. The van der Waals surface area contributed by atoms with Gasteiger partial charge in [0.05, 0.1) is 62.6 Å². The maximum Gasteiger partial charge on any atom is 0.138 e. The second-order valence-electron chi connectivity index (χ2n) is 11.4. The average Bonchev–Trinajstić information content (AvgIpc) is 3.82. The summed E-state index contributed by atoms with van der Waals surface area (Å²) in [6.07, 6.45) is 0. The molecule has 10 heteroatoms. The summed E-state index contributed by atoms with van der Waals surface area (Å²) in [6.45, 7) is 5.27. The van der Waals surface area contributed by atoms with E-state index in [0.29, 0.717) is 79.3 Å². The summed E-state index contributed by atoms with van der Waals surface area (Å²) in [4.78, 5) is 2.10. The molecule has 2 aromatic heterocycles. The molecule has 3 heterocycles. The molecule has 0 fully saturated rings. The summed E-state index contributed by atoms with van der Waals surface area (Å²) in [5.41, 5.74) is 1.98. The van der Waals surface area contributed by atoms with Crippen LogP contribution in [-0.2, 0) is 18.9 Å². The molecule has 260 valence electrons. The molecule has 0 unspecified atom stereocenters. The predicted octanol–water partition coefficient (Wildman–Crippen LogP) is 8.75. The van der Waals surface area contributed by atoms with Gasteiger partial charge in [-0.3, -0.25) is 0 Å². The second kappa shape index (κ2) is 17.7.